The summed E-state index contributed by atoms with van der Waals surface area (Å²) in [4.78, 5) is 1.47. The predicted octanol–water partition coefficient (Wildman–Crippen LogP) is 4.47. The Morgan fingerprint density at radius 3 is 2.62 bits per heavy atom. The van der Waals surface area contributed by atoms with E-state index in [1.807, 2.05) is 11.3 Å². The van der Waals surface area contributed by atoms with Crippen LogP contribution < -0.4 is 5.32 Å². The van der Waals surface area contributed by atoms with Crippen molar-refractivity contribution in [1.82, 2.24) is 5.32 Å². The van der Waals surface area contributed by atoms with Crippen LogP contribution in [0.5, 0.6) is 0 Å². The van der Waals surface area contributed by atoms with E-state index in [0.29, 0.717) is 6.04 Å². The van der Waals surface area contributed by atoms with E-state index in [0.717, 1.165) is 18.9 Å². The molecular weight excluding hydrogens is 282 g/mol. The Kier molecular flexibility index (Phi) is 6.62. The van der Waals surface area contributed by atoms with Crippen LogP contribution in [0, 0.1) is 5.92 Å². The van der Waals surface area contributed by atoms with Gasteiger partial charge in [-0.1, -0.05) is 27.2 Å². The van der Waals surface area contributed by atoms with Crippen molar-refractivity contribution in [2.45, 2.75) is 46.1 Å². The molecule has 0 saturated heterocycles. The standard InChI is InChI=1S/C13H22BrNS/c1-4-8-15-12(10(3)5-2)9-11-6-7-13(14)16-11/h6-7,10,12,15H,4-5,8-9H2,1-3H3. The molecule has 1 aromatic rings. The lowest BCUT2D eigenvalue weighted by Gasteiger charge is -2.23. The van der Waals surface area contributed by atoms with Gasteiger partial charge in [0.05, 0.1) is 3.79 Å². The lowest BCUT2D eigenvalue weighted by atomic mass is 9.95. The molecule has 2 unspecified atom stereocenters. The Bertz CT molecular complexity index is 298. The average molecular weight is 304 g/mol. The van der Waals surface area contributed by atoms with Gasteiger partial charge in [0.2, 0.25) is 0 Å². The van der Waals surface area contributed by atoms with Gasteiger partial charge in [0.25, 0.3) is 0 Å². The number of halogens is 1. The summed E-state index contributed by atoms with van der Waals surface area (Å²) in [6.45, 7) is 7.97. The number of hydrogen-bond acceptors (Lipinski definition) is 2. The smallest absolute Gasteiger partial charge is 0.0701 e. The summed E-state index contributed by atoms with van der Waals surface area (Å²) in [6, 6.07) is 5.00. The van der Waals surface area contributed by atoms with Crippen molar-refractivity contribution in [3.8, 4) is 0 Å². The van der Waals surface area contributed by atoms with Crippen molar-refractivity contribution < 1.29 is 0 Å². The highest BCUT2D eigenvalue weighted by atomic mass is 79.9. The topological polar surface area (TPSA) is 12.0 Å². The molecule has 3 heteroatoms. The van der Waals surface area contributed by atoms with Crippen LogP contribution in [-0.4, -0.2) is 12.6 Å². The Labute approximate surface area is 112 Å². The highest BCUT2D eigenvalue weighted by Gasteiger charge is 2.16. The van der Waals surface area contributed by atoms with E-state index in [-0.39, 0.29) is 0 Å². The van der Waals surface area contributed by atoms with Crippen LogP contribution in [0.3, 0.4) is 0 Å². The second-order valence-corrected chi connectivity index (χ2v) is 6.90. The van der Waals surface area contributed by atoms with Crippen molar-refractivity contribution in [2.75, 3.05) is 6.54 Å². The molecular formula is C13H22BrNS. The maximum absolute atomic E-state index is 3.67. The summed E-state index contributed by atoms with van der Waals surface area (Å²) in [6.07, 6.45) is 3.61. The Hall–Kier alpha value is 0.140. The first-order chi connectivity index (χ1) is 7.67. The minimum absolute atomic E-state index is 0.621. The second kappa shape index (κ2) is 7.46. The summed E-state index contributed by atoms with van der Waals surface area (Å²) in [7, 11) is 0. The van der Waals surface area contributed by atoms with Gasteiger partial charge >= 0.3 is 0 Å². The zero-order chi connectivity index (χ0) is 12.0. The molecule has 0 amide bonds. The fraction of sp³-hybridized carbons (Fsp3) is 0.692. The van der Waals surface area contributed by atoms with Crippen molar-refractivity contribution in [3.05, 3.63) is 20.8 Å². The lowest BCUT2D eigenvalue weighted by Crippen LogP contribution is -2.37. The van der Waals surface area contributed by atoms with Gasteiger partial charge in [0, 0.05) is 10.9 Å². The Morgan fingerprint density at radius 1 is 1.38 bits per heavy atom. The first kappa shape index (κ1) is 14.2. The van der Waals surface area contributed by atoms with E-state index in [1.165, 1.54) is 21.5 Å². The third-order valence-electron chi connectivity index (χ3n) is 3.04. The van der Waals surface area contributed by atoms with Crippen molar-refractivity contribution in [2.24, 2.45) is 5.92 Å². The molecule has 1 rings (SSSR count). The molecule has 0 fully saturated rings. The lowest BCUT2D eigenvalue weighted by molar-refractivity contribution is 0.366. The van der Waals surface area contributed by atoms with Gasteiger partial charge in [0.1, 0.15) is 0 Å². The van der Waals surface area contributed by atoms with Gasteiger partial charge in [-0.2, -0.15) is 0 Å². The highest BCUT2D eigenvalue weighted by molar-refractivity contribution is 9.11. The maximum atomic E-state index is 3.67. The largest absolute Gasteiger partial charge is 0.313 e. The summed E-state index contributed by atoms with van der Waals surface area (Å²) in [5.41, 5.74) is 0. The van der Waals surface area contributed by atoms with E-state index in [1.54, 1.807) is 0 Å². The minimum atomic E-state index is 0.621. The van der Waals surface area contributed by atoms with E-state index in [4.69, 9.17) is 0 Å². The average Bonchev–Trinajstić information content (AvgIpc) is 2.69. The second-order valence-electron chi connectivity index (χ2n) is 4.36. The molecule has 2 atom stereocenters. The molecule has 0 bridgehead atoms. The Morgan fingerprint density at radius 2 is 2.12 bits per heavy atom. The van der Waals surface area contributed by atoms with Crippen LogP contribution in [0.1, 0.15) is 38.5 Å². The van der Waals surface area contributed by atoms with Crippen LogP contribution in [0.25, 0.3) is 0 Å². The van der Waals surface area contributed by atoms with Gasteiger partial charge < -0.3 is 5.32 Å². The highest BCUT2D eigenvalue weighted by Crippen LogP contribution is 2.24. The molecule has 1 aromatic heterocycles. The van der Waals surface area contributed by atoms with Crippen LogP contribution >= 0.6 is 27.3 Å². The van der Waals surface area contributed by atoms with Crippen LogP contribution in [0.15, 0.2) is 15.9 Å². The normalized spacial score (nSPS) is 15.0. The molecule has 92 valence electrons. The summed E-state index contributed by atoms with van der Waals surface area (Å²) >= 11 is 5.38. The predicted molar refractivity (Wildman–Crippen MR) is 77.3 cm³/mol. The van der Waals surface area contributed by atoms with Crippen LogP contribution in [0.4, 0.5) is 0 Å². The monoisotopic (exact) mass is 303 g/mol. The van der Waals surface area contributed by atoms with E-state index < -0.39 is 0 Å². The fourth-order valence-corrected chi connectivity index (χ4v) is 3.31. The third-order valence-corrected chi connectivity index (χ3v) is 4.68. The molecule has 1 nitrogen and oxygen atoms in total. The quantitative estimate of drug-likeness (QED) is 0.784. The van der Waals surface area contributed by atoms with Gasteiger partial charge in [0.15, 0.2) is 0 Å². The molecule has 0 aliphatic rings. The molecule has 0 spiro atoms. The molecule has 16 heavy (non-hydrogen) atoms. The molecule has 0 aliphatic heterocycles. The van der Waals surface area contributed by atoms with Crippen molar-refractivity contribution >= 4 is 27.3 Å². The molecule has 0 saturated carbocycles. The molecule has 1 N–H and O–H groups in total. The van der Waals surface area contributed by atoms with E-state index in [9.17, 15) is 0 Å². The molecule has 0 aromatic carbocycles. The van der Waals surface area contributed by atoms with Crippen molar-refractivity contribution in [1.29, 1.82) is 0 Å². The first-order valence-electron chi connectivity index (χ1n) is 6.15. The fourth-order valence-electron chi connectivity index (χ4n) is 1.77. The van der Waals surface area contributed by atoms with E-state index >= 15 is 0 Å². The summed E-state index contributed by atoms with van der Waals surface area (Å²) in [5, 5.41) is 3.67. The van der Waals surface area contributed by atoms with Gasteiger partial charge in [-0.05, 0) is 53.4 Å². The van der Waals surface area contributed by atoms with E-state index in [2.05, 4.69) is 54.2 Å². The third kappa shape index (κ3) is 4.56. The number of thiophene rings is 1. The molecule has 1 heterocycles. The van der Waals surface area contributed by atoms with Crippen molar-refractivity contribution in [3.63, 3.8) is 0 Å². The maximum Gasteiger partial charge on any atom is 0.0701 e. The van der Waals surface area contributed by atoms with Gasteiger partial charge in [-0.15, -0.1) is 11.3 Å². The van der Waals surface area contributed by atoms with Crippen LogP contribution in [0.2, 0.25) is 0 Å². The number of nitrogens with one attached hydrogen (secondary N) is 1. The van der Waals surface area contributed by atoms with Crippen LogP contribution in [-0.2, 0) is 6.42 Å². The Balaban J connectivity index is 2.55. The van der Waals surface area contributed by atoms with Gasteiger partial charge in [-0.25, -0.2) is 0 Å². The minimum Gasteiger partial charge on any atom is -0.313 e. The molecule has 0 radical (unpaired) electrons. The molecule has 0 aliphatic carbocycles. The first-order valence-corrected chi connectivity index (χ1v) is 7.75. The number of hydrogen-bond donors (Lipinski definition) is 1. The zero-order valence-electron chi connectivity index (χ0n) is 10.4. The van der Waals surface area contributed by atoms with Gasteiger partial charge in [-0.3, -0.25) is 0 Å². The SMILES string of the molecule is CCCNC(Cc1ccc(Br)s1)C(C)CC. The zero-order valence-corrected chi connectivity index (χ0v) is 12.8. The number of rotatable bonds is 7. The summed E-state index contributed by atoms with van der Waals surface area (Å²) < 4.78 is 1.24. The summed E-state index contributed by atoms with van der Waals surface area (Å²) in [5.74, 6) is 0.743.